The van der Waals surface area contributed by atoms with Crippen molar-refractivity contribution in [2.75, 3.05) is 0 Å². The molecule has 1 atom stereocenters. The Balaban J connectivity index is 2.15. The lowest BCUT2D eigenvalue weighted by Gasteiger charge is -2.11. The van der Waals surface area contributed by atoms with Crippen LogP contribution in [0.2, 0.25) is 0 Å². The molecule has 0 radical (unpaired) electrons. The molecule has 68 valence electrons. The number of hydrogen-bond acceptors (Lipinski definition) is 0. The summed E-state index contributed by atoms with van der Waals surface area (Å²) < 4.78 is 0. The standard InChI is InChI=1S/C12H20/c1-2-3-4-6-9-12-10-7-5-8-11-12/h6-7,9-10,12H,2-5,8,11H2,1H3/b9-6-/t12-/m0/s1. The molecule has 0 N–H and O–H groups in total. The second-order valence-electron chi connectivity index (χ2n) is 3.59. The molecule has 0 heterocycles. The molecule has 0 saturated carbocycles. The first-order chi connectivity index (χ1) is 5.93. The van der Waals surface area contributed by atoms with Gasteiger partial charge in [-0.05, 0) is 31.6 Å². The van der Waals surface area contributed by atoms with E-state index in [9.17, 15) is 0 Å². The molecular formula is C12H20. The first kappa shape index (κ1) is 9.57. The highest BCUT2D eigenvalue weighted by Gasteiger charge is 2.02. The molecule has 1 aliphatic rings. The maximum atomic E-state index is 2.38. The Kier molecular flexibility index (Phi) is 4.82. The summed E-state index contributed by atoms with van der Waals surface area (Å²) in [4.78, 5) is 0. The highest BCUT2D eigenvalue weighted by Crippen LogP contribution is 2.18. The van der Waals surface area contributed by atoms with Crippen molar-refractivity contribution < 1.29 is 0 Å². The van der Waals surface area contributed by atoms with Gasteiger partial charge in [0, 0.05) is 0 Å². The zero-order chi connectivity index (χ0) is 8.65. The largest absolute Gasteiger partial charge is 0.0879 e. The van der Waals surface area contributed by atoms with E-state index in [0.717, 1.165) is 5.92 Å². The Morgan fingerprint density at radius 2 is 2.42 bits per heavy atom. The van der Waals surface area contributed by atoms with Gasteiger partial charge in [0.25, 0.3) is 0 Å². The summed E-state index contributed by atoms with van der Waals surface area (Å²) in [5.74, 6) is 0.746. The maximum Gasteiger partial charge on any atom is -0.00534 e. The lowest BCUT2D eigenvalue weighted by molar-refractivity contribution is 0.628. The summed E-state index contributed by atoms with van der Waals surface area (Å²) in [6.07, 6.45) is 17.3. The van der Waals surface area contributed by atoms with Crippen molar-refractivity contribution in [3.05, 3.63) is 24.3 Å². The first-order valence-electron chi connectivity index (χ1n) is 5.27. The fraction of sp³-hybridized carbons (Fsp3) is 0.667. The molecule has 0 aromatic heterocycles. The molecule has 0 bridgehead atoms. The molecule has 0 heteroatoms. The number of hydrogen-bond donors (Lipinski definition) is 0. The Morgan fingerprint density at radius 1 is 1.50 bits per heavy atom. The van der Waals surface area contributed by atoms with Gasteiger partial charge in [0.1, 0.15) is 0 Å². The monoisotopic (exact) mass is 164 g/mol. The fourth-order valence-corrected chi connectivity index (χ4v) is 1.59. The van der Waals surface area contributed by atoms with E-state index >= 15 is 0 Å². The van der Waals surface area contributed by atoms with E-state index in [0.29, 0.717) is 0 Å². The van der Waals surface area contributed by atoms with Crippen LogP contribution in [0.15, 0.2) is 24.3 Å². The number of rotatable bonds is 4. The maximum absolute atomic E-state index is 2.38. The second-order valence-corrected chi connectivity index (χ2v) is 3.59. The van der Waals surface area contributed by atoms with Gasteiger partial charge >= 0.3 is 0 Å². The van der Waals surface area contributed by atoms with Crippen LogP contribution in [-0.2, 0) is 0 Å². The van der Waals surface area contributed by atoms with Gasteiger partial charge in [-0.25, -0.2) is 0 Å². The third-order valence-corrected chi connectivity index (χ3v) is 2.40. The van der Waals surface area contributed by atoms with Gasteiger partial charge in [0.2, 0.25) is 0 Å². The highest BCUT2D eigenvalue weighted by atomic mass is 14.1. The Hall–Kier alpha value is -0.520. The molecule has 0 fully saturated rings. The average Bonchev–Trinajstić information content (AvgIpc) is 2.14. The molecule has 0 saturated heterocycles. The summed E-state index contributed by atoms with van der Waals surface area (Å²) >= 11 is 0. The van der Waals surface area contributed by atoms with Gasteiger partial charge in [-0.2, -0.15) is 0 Å². The molecule has 0 amide bonds. The normalized spacial score (nSPS) is 23.6. The molecule has 0 nitrogen and oxygen atoms in total. The van der Waals surface area contributed by atoms with Gasteiger partial charge < -0.3 is 0 Å². The zero-order valence-corrected chi connectivity index (χ0v) is 8.13. The van der Waals surface area contributed by atoms with Crippen molar-refractivity contribution in [3.8, 4) is 0 Å². The van der Waals surface area contributed by atoms with Crippen LogP contribution in [-0.4, -0.2) is 0 Å². The average molecular weight is 164 g/mol. The Morgan fingerprint density at radius 3 is 3.08 bits per heavy atom. The van der Waals surface area contributed by atoms with Crippen LogP contribution in [0.3, 0.4) is 0 Å². The van der Waals surface area contributed by atoms with E-state index in [4.69, 9.17) is 0 Å². The highest BCUT2D eigenvalue weighted by molar-refractivity contribution is 5.03. The minimum atomic E-state index is 0.746. The van der Waals surface area contributed by atoms with E-state index in [1.54, 1.807) is 0 Å². The third-order valence-electron chi connectivity index (χ3n) is 2.40. The van der Waals surface area contributed by atoms with Gasteiger partial charge in [-0.3, -0.25) is 0 Å². The summed E-state index contributed by atoms with van der Waals surface area (Å²) in [6, 6.07) is 0. The van der Waals surface area contributed by atoms with Crippen LogP contribution in [0.25, 0.3) is 0 Å². The van der Waals surface area contributed by atoms with Crippen molar-refractivity contribution in [3.63, 3.8) is 0 Å². The second kappa shape index (κ2) is 6.05. The SMILES string of the molecule is CCCC/C=C\[C@H]1C=CCCC1. The molecule has 0 aromatic rings. The van der Waals surface area contributed by atoms with Crippen LogP contribution in [0, 0.1) is 5.92 Å². The van der Waals surface area contributed by atoms with Crippen molar-refractivity contribution in [1.82, 2.24) is 0 Å². The molecule has 0 spiro atoms. The quantitative estimate of drug-likeness (QED) is 0.433. The molecular weight excluding hydrogens is 144 g/mol. The molecule has 0 unspecified atom stereocenters. The van der Waals surface area contributed by atoms with Crippen molar-refractivity contribution >= 4 is 0 Å². The minimum absolute atomic E-state index is 0.746. The number of unbranched alkanes of at least 4 members (excludes halogenated alkanes) is 2. The Labute approximate surface area is 76.4 Å². The molecule has 0 aromatic carbocycles. The van der Waals surface area contributed by atoms with Crippen LogP contribution in [0.4, 0.5) is 0 Å². The summed E-state index contributed by atoms with van der Waals surface area (Å²) in [5, 5.41) is 0. The summed E-state index contributed by atoms with van der Waals surface area (Å²) in [5.41, 5.74) is 0. The van der Waals surface area contributed by atoms with Crippen LogP contribution in [0.1, 0.15) is 45.4 Å². The molecule has 12 heavy (non-hydrogen) atoms. The summed E-state index contributed by atoms with van der Waals surface area (Å²) in [6.45, 7) is 2.24. The van der Waals surface area contributed by atoms with Crippen molar-refractivity contribution in [2.45, 2.75) is 45.4 Å². The molecule has 1 rings (SSSR count). The van der Waals surface area contributed by atoms with Crippen molar-refractivity contribution in [2.24, 2.45) is 5.92 Å². The lowest BCUT2D eigenvalue weighted by Crippen LogP contribution is -1.95. The first-order valence-corrected chi connectivity index (χ1v) is 5.27. The van der Waals surface area contributed by atoms with E-state index < -0.39 is 0 Å². The topological polar surface area (TPSA) is 0 Å². The van der Waals surface area contributed by atoms with Gasteiger partial charge in [0.05, 0.1) is 0 Å². The van der Waals surface area contributed by atoms with Crippen LogP contribution in [0.5, 0.6) is 0 Å². The van der Waals surface area contributed by atoms with Gasteiger partial charge in [0.15, 0.2) is 0 Å². The van der Waals surface area contributed by atoms with E-state index in [-0.39, 0.29) is 0 Å². The third kappa shape index (κ3) is 3.75. The minimum Gasteiger partial charge on any atom is -0.0879 e. The van der Waals surface area contributed by atoms with Crippen molar-refractivity contribution in [1.29, 1.82) is 0 Å². The number of allylic oxidation sites excluding steroid dienone is 4. The predicted molar refractivity (Wildman–Crippen MR) is 55.1 cm³/mol. The molecule has 1 aliphatic carbocycles. The smallest absolute Gasteiger partial charge is 0.00534 e. The van der Waals surface area contributed by atoms with Gasteiger partial charge in [-0.15, -0.1) is 0 Å². The molecule has 0 aliphatic heterocycles. The zero-order valence-electron chi connectivity index (χ0n) is 8.13. The van der Waals surface area contributed by atoms with E-state index in [1.165, 1.54) is 38.5 Å². The van der Waals surface area contributed by atoms with Gasteiger partial charge in [-0.1, -0.05) is 44.1 Å². The van der Waals surface area contributed by atoms with E-state index in [2.05, 4.69) is 31.2 Å². The predicted octanol–water partition coefficient (Wildman–Crippen LogP) is 4.09. The fourth-order valence-electron chi connectivity index (χ4n) is 1.59. The van der Waals surface area contributed by atoms with Crippen LogP contribution < -0.4 is 0 Å². The van der Waals surface area contributed by atoms with E-state index in [1.807, 2.05) is 0 Å². The summed E-state index contributed by atoms with van der Waals surface area (Å²) in [7, 11) is 0. The Bertz CT molecular complexity index is 153. The van der Waals surface area contributed by atoms with Crippen LogP contribution >= 0.6 is 0 Å². The lowest BCUT2D eigenvalue weighted by atomic mass is 9.95.